The fourth-order valence-corrected chi connectivity index (χ4v) is 5.24. The van der Waals surface area contributed by atoms with E-state index < -0.39 is 0 Å². The van der Waals surface area contributed by atoms with Gasteiger partial charge in [-0.2, -0.15) is 0 Å². The molecule has 4 aromatic rings. The lowest BCUT2D eigenvalue weighted by Gasteiger charge is -2.17. The Labute approximate surface area is 218 Å². The number of carbonyl (C=O) groups is 2. The summed E-state index contributed by atoms with van der Waals surface area (Å²) in [7, 11) is 0. The van der Waals surface area contributed by atoms with Crippen LogP contribution in [-0.4, -0.2) is 38.9 Å². The molecule has 0 atom stereocenters. The van der Waals surface area contributed by atoms with Gasteiger partial charge in [-0.1, -0.05) is 78.0 Å². The summed E-state index contributed by atoms with van der Waals surface area (Å²) >= 11 is 7.57. The summed E-state index contributed by atoms with van der Waals surface area (Å²) in [5, 5.41) is 12.7. The summed E-state index contributed by atoms with van der Waals surface area (Å²) in [6.45, 7) is 0.873. The SMILES string of the molecule is O=C(Cc1ccccc1)NCc1nnc(SCC(=O)N2CCc3ccccc32)n1-c1cccc(Cl)c1. The first-order valence-electron chi connectivity index (χ1n) is 11.6. The topological polar surface area (TPSA) is 80.1 Å². The molecule has 2 amide bonds. The van der Waals surface area contributed by atoms with Crippen molar-refractivity contribution >= 4 is 40.9 Å². The zero-order valence-electron chi connectivity index (χ0n) is 19.4. The molecule has 0 radical (unpaired) electrons. The van der Waals surface area contributed by atoms with Crippen molar-refractivity contribution in [3.63, 3.8) is 0 Å². The van der Waals surface area contributed by atoms with E-state index in [0.717, 1.165) is 23.4 Å². The van der Waals surface area contributed by atoms with Crippen molar-refractivity contribution in [3.8, 4) is 5.69 Å². The third-order valence-corrected chi connectivity index (χ3v) is 7.08. The normalized spacial score (nSPS) is 12.4. The third-order valence-electron chi connectivity index (χ3n) is 5.93. The molecule has 0 unspecified atom stereocenters. The Kier molecular flexibility index (Phi) is 7.34. The molecule has 5 rings (SSSR count). The average Bonchev–Trinajstić information content (AvgIpc) is 3.51. The van der Waals surface area contributed by atoms with Crippen molar-refractivity contribution < 1.29 is 9.59 Å². The van der Waals surface area contributed by atoms with Gasteiger partial charge in [0.1, 0.15) is 0 Å². The number of benzene rings is 3. The maximum absolute atomic E-state index is 13.0. The van der Waals surface area contributed by atoms with E-state index in [2.05, 4.69) is 21.6 Å². The van der Waals surface area contributed by atoms with E-state index in [9.17, 15) is 9.59 Å². The second-order valence-electron chi connectivity index (χ2n) is 8.37. The van der Waals surface area contributed by atoms with Crippen LogP contribution in [0.5, 0.6) is 0 Å². The second-order valence-corrected chi connectivity index (χ2v) is 9.74. The van der Waals surface area contributed by atoms with E-state index in [1.165, 1.54) is 17.3 Å². The van der Waals surface area contributed by atoms with Crippen LogP contribution in [0.25, 0.3) is 5.69 Å². The summed E-state index contributed by atoms with van der Waals surface area (Å²) in [5.74, 6) is 0.676. The van der Waals surface area contributed by atoms with Gasteiger partial charge in [0.25, 0.3) is 0 Å². The first-order valence-corrected chi connectivity index (χ1v) is 13.0. The van der Waals surface area contributed by atoms with Crippen LogP contribution < -0.4 is 10.2 Å². The maximum Gasteiger partial charge on any atom is 0.237 e. The third kappa shape index (κ3) is 5.45. The van der Waals surface area contributed by atoms with Crippen LogP contribution in [0.1, 0.15) is 17.0 Å². The van der Waals surface area contributed by atoms with E-state index in [4.69, 9.17) is 11.6 Å². The number of hydrogen-bond acceptors (Lipinski definition) is 5. The van der Waals surface area contributed by atoms with Crippen LogP contribution in [0.3, 0.4) is 0 Å². The fourth-order valence-electron chi connectivity index (χ4n) is 4.21. The summed E-state index contributed by atoms with van der Waals surface area (Å²) in [5.41, 5.74) is 3.86. The van der Waals surface area contributed by atoms with E-state index in [1.807, 2.05) is 76.2 Å². The number of amides is 2. The minimum atomic E-state index is -0.112. The van der Waals surface area contributed by atoms with Crippen LogP contribution in [-0.2, 0) is 29.0 Å². The first-order chi connectivity index (χ1) is 17.6. The zero-order valence-corrected chi connectivity index (χ0v) is 21.0. The Morgan fingerprint density at radius 2 is 1.78 bits per heavy atom. The van der Waals surface area contributed by atoms with Crippen molar-refractivity contribution in [1.82, 2.24) is 20.1 Å². The molecule has 182 valence electrons. The molecule has 1 aliphatic rings. The number of para-hydroxylation sites is 1. The van der Waals surface area contributed by atoms with Crippen molar-refractivity contribution in [2.24, 2.45) is 0 Å². The standard InChI is InChI=1S/C27H24ClN5O2S/c28-21-10-6-11-22(16-21)33-24(17-29-25(34)15-19-7-2-1-3-8-19)30-31-27(33)36-18-26(35)32-14-13-20-9-4-5-12-23(20)32/h1-12,16H,13-15,17-18H2,(H,29,34). The minimum absolute atomic E-state index is 0.0170. The lowest BCUT2D eigenvalue weighted by molar-refractivity contribution is -0.120. The van der Waals surface area contributed by atoms with E-state index in [1.54, 1.807) is 6.07 Å². The lowest BCUT2D eigenvalue weighted by Crippen LogP contribution is -2.30. The summed E-state index contributed by atoms with van der Waals surface area (Å²) in [6.07, 6.45) is 1.14. The average molecular weight is 518 g/mol. The monoisotopic (exact) mass is 517 g/mol. The number of rotatable bonds is 8. The highest BCUT2D eigenvalue weighted by molar-refractivity contribution is 7.99. The molecule has 2 heterocycles. The number of fused-ring (bicyclic) bond motifs is 1. The molecule has 9 heteroatoms. The predicted octanol–water partition coefficient (Wildman–Crippen LogP) is 4.46. The number of hydrogen-bond donors (Lipinski definition) is 1. The number of nitrogens with one attached hydrogen (secondary N) is 1. The van der Waals surface area contributed by atoms with Gasteiger partial charge in [0, 0.05) is 17.3 Å². The maximum atomic E-state index is 13.0. The highest BCUT2D eigenvalue weighted by atomic mass is 35.5. The van der Waals surface area contributed by atoms with E-state index >= 15 is 0 Å². The Hall–Kier alpha value is -3.62. The molecule has 1 aliphatic heterocycles. The number of nitrogens with zero attached hydrogens (tertiary/aromatic N) is 4. The van der Waals surface area contributed by atoms with Crippen LogP contribution in [0.15, 0.2) is 84.0 Å². The molecular formula is C27H24ClN5O2S. The number of aromatic nitrogens is 3. The number of thioether (sulfide) groups is 1. The zero-order chi connectivity index (χ0) is 24.9. The second kappa shape index (κ2) is 11.0. The van der Waals surface area contributed by atoms with Gasteiger partial charge in [-0.15, -0.1) is 10.2 Å². The van der Waals surface area contributed by atoms with E-state index in [0.29, 0.717) is 22.5 Å². The van der Waals surface area contributed by atoms with Crippen LogP contribution in [0, 0.1) is 0 Å². The van der Waals surface area contributed by atoms with Gasteiger partial charge >= 0.3 is 0 Å². The molecule has 0 spiro atoms. The molecule has 0 fully saturated rings. The van der Waals surface area contributed by atoms with Crippen LogP contribution >= 0.6 is 23.4 Å². The lowest BCUT2D eigenvalue weighted by atomic mass is 10.1. The molecule has 1 N–H and O–H groups in total. The smallest absolute Gasteiger partial charge is 0.237 e. The van der Waals surface area contributed by atoms with Gasteiger partial charge in [0.15, 0.2) is 11.0 Å². The fraction of sp³-hybridized carbons (Fsp3) is 0.185. The molecule has 36 heavy (non-hydrogen) atoms. The highest BCUT2D eigenvalue weighted by Crippen LogP contribution is 2.29. The highest BCUT2D eigenvalue weighted by Gasteiger charge is 2.25. The number of halogens is 1. The summed E-state index contributed by atoms with van der Waals surface area (Å²) in [4.78, 5) is 27.4. The molecule has 0 saturated heterocycles. The van der Waals surface area contributed by atoms with Crippen LogP contribution in [0.2, 0.25) is 5.02 Å². The van der Waals surface area contributed by atoms with Gasteiger partial charge in [-0.3, -0.25) is 14.2 Å². The summed E-state index contributed by atoms with van der Waals surface area (Å²) < 4.78 is 1.84. The molecule has 1 aromatic heterocycles. The van der Waals surface area contributed by atoms with Crippen LogP contribution in [0.4, 0.5) is 5.69 Å². The summed E-state index contributed by atoms with van der Waals surface area (Å²) in [6, 6.07) is 24.9. The van der Waals surface area contributed by atoms with Gasteiger partial charge in [-0.05, 0) is 41.8 Å². The van der Waals surface area contributed by atoms with Gasteiger partial charge < -0.3 is 10.2 Å². The molecule has 3 aromatic carbocycles. The largest absolute Gasteiger partial charge is 0.348 e. The van der Waals surface area contributed by atoms with Crippen molar-refractivity contribution in [3.05, 3.63) is 101 Å². The Bertz CT molecular complexity index is 1390. The molecular weight excluding hydrogens is 494 g/mol. The van der Waals surface area contributed by atoms with Crippen molar-refractivity contribution in [2.45, 2.75) is 24.5 Å². The van der Waals surface area contributed by atoms with Gasteiger partial charge in [0.05, 0.1) is 24.4 Å². The number of carbonyl (C=O) groups excluding carboxylic acids is 2. The Morgan fingerprint density at radius 3 is 2.61 bits per heavy atom. The van der Waals surface area contributed by atoms with Gasteiger partial charge in [0.2, 0.25) is 11.8 Å². The number of anilines is 1. The first kappa shape index (κ1) is 24.1. The van der Waals surface area contributed by atoms with Crippen molar-refractivity contribution in [1.29, 1.82) is 0 Å². The molecule has 0 saturated carbocycles. The molecule has 0 bridgehead atoms. The van der Waals surface area contributed by atoms with Crippen molar-refractivity contribution in [2.75, 3.05) is 17.2 Å². The Morgan fingerprint density at radius 1 is 0.972 bits per heavy atom. The van der Waals surface area contributed by atoms with E-state index in [-0.39, 0.29) is 30.5 Å². The van der Waals surface area contributed by atoms with Gasteiger partial charge in [-0.25, -0.2) is 0 Å². The molecule has 0 aliphatic carbocycles. The molecule has 7 nitrogen and oxygen atoms in total. The quantitative estimate of drug-likeness (QED) is 0.349. The Balaban J connectivity index is 1.31. The minimum Gasteiger partial charge on any atom is -0.348 e. The predicted molar refractivity (Wildman–Crippen MR) is 142 cm³/mol.